The zero-order valence-corrected chi connectivity index (χ0v) is 12.2. The normalized spacial score (nSPS) is 20.9. The van der Waals surface area contributed by atoms with E-state index in [2.05, 4.69) is 4.98 Å². The molecule has 112 valence electrons. The molecule has 2 heterocycles. The lowest BCUT2D eigenvalue weighted by molar-refractivity contribution is -0.138. The van der Waals surface area contributed by atoms with E-state index in [1.807, 2.05) is 6.92 Å². The summed E-state index contributed by atoms with van der Waals surface area (Å²) in [6.45, 7) is 3.25. The molecule has 2 rings (SSSR count). The summed E-state index contributed by atoms with van der Waals surface area (Å²) in [4.78, 5) is 14.7. The number of piperidine rings is 1. The number of aryl methyl sites for hydroxylation is 1. The van der Waals surface area contributed by atoms with Crippen LogP contribution in [0.1, 0.15) is 26.2 Å². The van der Waals surface area contributed by atoms with E-state index in [9.17, 15) is 13.2 Å². The van der Waals surface area contributed by atoms with Gasteiger partial charge in [0.25, 0.3) is 10.0 Å². The van der Waals surface area contributed by atoms with E-state index < -0.39 is 16.0 Å². The van der Waals surface area contributed by atoms with Crippen molar-refractivity contribution in [2.45, 2.75) is 37.8 Å². The second kappa shape index (κ2) is 5.92. The summed E-state index contributed by atoms with van der Waals surface area (Å²) in [5, 5.41) is 8.86. The molecule has 0 amide bonds. The van der Waals surface area contributed by atoms with Crippen LogP contribution in [0.15, 0.2) is 17.6 Å². The van der Waals surface area contributed by atoms with Gasteiger partial charge in [-0.3, -0.25) is 4.79 Å². The summed E-state index contributed by atoms with van der Waals surface area (Å²) in [5.41, 5.74) is 0. The minimum absolute atomic E-state index is 0.00935. The number of sulfonamides is 1. The molecule has 0 aromatic carbocycles. The minimum atomic E-state index is -3.61. The van der Waals surface area contributed by atoms with Gasteiger partial charge in [0.1, 0.15) is 0 Å². The first-order chi connectivity index (χ1) is 9.43. The molecule has 1 atom stereocenters. The zero-order valence-electron chi connectivity index (χ0n) is 11.4. The maximum absolute atomic E-state index is 12.5. The van der Waals surface area contributed by atoms with Crippen LogP contribution in [0.4, 0.5) is 0 Å². The predicted molar refractivity (Wildman–Crippen MR) is 71.6 cm³/mol. The van der Waals surface area contributed by atoms with Gasteiger partial charge in [-0.2, -0.15) is 4.31 Å². The van der Waals surface area contributed by atoms with Crippen molar-refractivity contribution in [1.82, 2.24) is 13.9 Å². The lowest BCUT2D eigenvalue weighted by atomic mass is 9.96. The highest BCUT2D eigenvalue weighted by Crippen LogP contribution is 2.24. The van der Waals surface area contributed by atoms with Crippen LogP contribution in [0.3, 0.4) is 0 Å². The second-order valence-electron chi connectivity index (χ2n) is 5.01. The highest BCUT2D eigenvalue weighted by Gasteiger charge is 2.32. The number of aliphatic carboxylic acids is 1. The lowest BCUT2D eigenvalue weighted by Gasteiger charge is -2.30. The standard InChI is InChI=1S/C12H19N3O4S/c1-2-14-8-11(13-9-14)20(18,19)15-5-3-4-10(7-15)6-12(16)17/h8-10H,2-7H2,1H3,(H,16,17). The van der Waals surface area contributed by atoms with Crippen molar-refractivity contribution in [1.29, 1.82) is 0 Å². The number of rotatable bonds is 5. The molecule has 0 spiro atoms. The van der Waals surface area contributed by atoms with Crippen LogP contribution < -0.4 is 0 Å². The molecule has 7 nitrogen and oxygen atoms in total. The van der Waals surface area contributed by atoms with Crippen LogP contribution in [0.2, 0.25) is 0 Å². The van der Waals surface area contributed by atoms with Gasteiger partial charge in [-0.05, 0) is 25.7 Å². The van der Waals surface area contributed by atoms with Crippen LogP contribution in [0.5, 0.6) is 0 Å². The maximum Gasteiger partial charge on any atom is 0.303 e. The van der Waals surface area contributed by atoms with E-state index >= 15 is 0 Å². The van der Waals surface area contributed by atoms with Crippen LogP contribution in [-0.4, -0.2) is 46.4 Å². The fourth-order valence-corrected chi connectivity index (χ4v) is 3.93. The summed E-state index contributed by atoms with van der Waals surface area (Å²) in [5.74, 6) is -1.01. The van der Waals surface area contributed by atoms with Crippen LogP contribution in [-0.2, 0) is 21.4 Å². The molecular weight excluding hydrogens is 282 g/mol. The molecule has 0 bridgehead atoms. The third-order valence-corrected chi connectivity index (χ3v) is 5.27. The zero-order chi connectivity index (χ0) is 14.8. The predicted octanol–water partition coefficient (Wildman–Crippen LogP) is 0.778. The Morgan fingerprint density at radius 3 is 2.90 bits per heavy atom. The minimum Gasteiger partial charge on any atom is -0.481 e. The molecule has 8 heteroatoms. The first-order valence-electron chi connectivity index (χ1n) is 6.67. The van der Waals surface area contributed by atoms with Gasteiger partial charge < -0.3 is 9.67 Å². The molecule has 0 radical (unpaired) electrons. The van der Waals surface area contributed by atoms with Gasteiger partial charge in [0.15, 0.2) is 5.03 Å². The Bertz CT molecular complexity index is 581. The topological polar surface area (TPSA) is 92.5 Å². The number of aromatic nitrogens is 2. The third kappa shape index (κ3) is 3.18. The number of hydrogen-bond acceptors (Lipinski definition) is 4. The van der Waals surface area contributed by atoms with Crippen molar-refractivity contribution < 1.29 is 18.3 Å². The average molecular weight is 301 g/mol. The Kier molecular flexibility index (Phi) is 4.44. The summed E-state index contributed by atoms with van der Waals surface area (Å²) in [6, 6.07) is 0. The molecule has 1 fully saturated rings. The van der Waals surface area contributed by atoms with Crippen LogP contribution in [0, 0.1) is 5.92 Å². The highest BCUT2D eigenvalue weighted by molar-refractivity contribution is 7.89. The van der Waals surface area contributed by atoms with Crippen molar-refractivity contribution in [2.24, 2.45) is 5.92 Å². The molecule has 20 heavy (non-hydrogen) atoms. The van der Waals surface area contributed by atoms with Crippen molar-refractivity contribution in [3.05, 3.63) is 12.5 Å². The van der Waals surface area contributed by atoms with E-state index in [4.69, 9.17) is 5.11 Å². The molecule has 1 aromatic heterocycles. The smallest absolute Gasteiger partial charge is 0.303 e. The molecule has 1 unspecified atom stereocenters. The van der Waals surface area contributed by atoms with Crippen molar-refractivity contribution in [2.75, 3.05) is 13.1 Å². The molecule has 1 saturated heterocycles. The van der Waals surface area contributed by atoms with E-state index in [1.165, 1.54) is 16.8 Å². The summed E-state index contributed by atoms with van der Waals surface area (Å²) in [7, 11) is -3.61. The van der Waals surface area contributed by atoms with E-state index in [-0.39, 0.29) is 23.9 Å². The quantitative estimate of drug-likeness (QED) is 0.867. The number of carboxylic acid groups (broad SMARTS) is 1. The van der Waals surface area contributed by atoms with Gasteiger partial charge in [-0.25, -0.2) is 13.4 Å². The molecule has 1 aliphatic heterocycles. The Morgan fingerprint density at radius 1 is 1.55 bits per heavy atom. The fourth-order valence-electron chi connectivity index (χ4n) is 2.44. The SMILES string of the molecule is CCn1cnc(S(=O)(=O)N2CCCC(CC(=O)O)C2)c1. The lowest BCUT2D eigenvalue weighted by Crippen LogP contribution is -2.40. The summed E-state index contributed by atoms with van der Waals surface area (Å²) >= 11 is 0. The number of carboxylic acids is 1. The van der Waals surface area contributed by atoms with Gasteiger partial charge in [0, 0.05) is 32.3 Å². The van der Waals surface area contributed by atoms with Crippen molar-refractivity contribution in [3.63, 3.8) is 0 Å². The molecular formula is C12H19N3O4S. The molecule has 1 aliphatic rings. The van der Waals surface area contributed by atoms with Gasteiger partial charge in [0.2, 0.25) is 0 Å². The molecule has 1 aromatic rings. The van der Waals surface area contributed by atoms with Crippen molar-refractivity contribution >= 4 is 16.0 Å². The van der Waals surface area contributed by atoms with E-state index in [0.717, 1.165) is 6.42 Å². The van der Waals surface area contributed by atoms with E-state index in [1.54, 1.807) is 4.57 Å². The van der Waals surface area contributed by atoms with E-state index in [0.29, 0.717) is 19.5 Å². The van der Waals surface area contributed by atoms with Gasteiger partial charge in [0.05, 0.1) is 6.33 Å². The van der Waals surface area contributed by atoms with Crippen molar-refractivity contribution in [3.8, 4) is 0 Å². The van der Waals surface area contributed by atoms with Gasteiger partial charge in [-0.15, -0.1) is 0 Å². The molecule has 0 aliphatic carbocycles. The van der Waals surface area contributed by atoms with Gasteiger partial charge in [-0.1, -0.05) is 0 Å². The molecule has 1 N–H and O–H groups in total. The Hall–Kier alpha value is -1.41. The van der Waals surface area contributed by atoms with Crippen LogP contribution in [0.25, 0.3) is 0 Å². The average Bonchev–Trinajstić information content (AvgIpc) is 2.87. The Balaban J connectivity index is 2.14. The highest BCUT2D eigenvalue weighted by atomic mass is 32.2. The first kappa shape index (κ1) is 15.0. The largest absolute Gasteiger partial charge is 0.481 e. The number of nitrogens with zero attached hydrogens (tertiary/aromatic N) is 3. The second-order valence-corrected chi connectivity index (χ2v) is 6.90. The number of imidazole rings is 1. The third-order valence-electron chi connectivity index (χ3n) is 3.52. The Morgan fingerprint density at radius 2 is 2.30 bits per heavy atom. The van der Waals surface area contributed by atoms with Crippen LogP contribution >= 0.6 is 0 Å². The number of hydrogen-bond donors (Lipinski definition) is 1. The Labute approximate surface area is 118 Å². The maximum atomic E-state index is 12.5. The number of carbonyl (C=O) groups is 1. The monoisotopic (exact) mass is 301 g/mol. The van der Waals surface area contributed by atoms with Gasteiger partial charge >= 0.3 is 5.97 Å². The summed E-state index contributed by atoms with van der Waals surface area (Å²) < 4.78 is 28.0. The fraction of sp³-hybridized carbons (Fsp3) is 0.667. The summed E-state index contributed by atoms with van der Waals surface area (Å²) in [6.07, 6.45) is 4.45. The first-order valence-corrected chi connectivity index (χ1v) is 8.11. The molecule has 0 saturated carbocycles.